The Kier molecular flexibility index (Phi) is 4.73. The van der Waals surface area contributed by atoms with Crippen LogP contribution in [0.15, 0.2) is 30.3 Å². The highest BCUT2D eigenvalue weighted by Gasteiger charge is 2.19. The van der Waals surface area contributed by atoms with Crippen LogP contribution in [0, 0.1) is 5.92 Å². The van der Waals surface area contributed by atoms with Crippen LogP contribution < -0.4 is 16.4 Å². The molecule has 1 aliphatic heterocycles. The van der Waals surface area contributed by atoms with E-state index < -0.39 is 0 Å². The van der Waals surface area contributed by atoms with Crippen LogP contribution in [0.25, 0.3) is 0 Å². The predicted molar refractivity (Wildman–Crippen MR) is 72.1 cm³/mol. The Morgan fingerprint density at radius 1 is 1.44 bits per heavy atom. The first-order valence-electron chi connectivity index (χ1n) is 6.53. The van der Waals surface area contributed by atoms with Crippen molar-refractivity contribution in [1.29, 1.82) is 0 Å². The lowest BCUT2D eigenvalue weighted by atomic mass is 10.0. The standard InChI is InChI=1S/C14H21N3O/c15-14(18)13(8-11-4-2-1-3-5-11)17-10-12-6-7-16-9-12/h1-5,12-13,16-17H,6-10H2,(H2,15,18)/t12-,13+/m1/s1. The minimum atomic E-state index is -0.273. The van der Waals surface area contributed by atoms with Crippen molar-refractivity contribution in [2.45, 2.75) is 18.9 Å². The van der Waals surface area contributed by atoms with Crippen LogP contribution in [0.3, 0.4) is 0 Å². The van der Waals surface area contributed by atoms with E-state index in [0.29, 0.717) is 12.3 Å². The quantitative estimate of drug-likeness (QED) is 0.676. The maximum Gasteiger partial charge on any atom is 0.234 e. The van der Waals surface area contributed by atoms with Gasteiger partial charge in [-0.3, -0.25) is 4.79 Å². The van der Waals surface area contributed by atoms with Gasteiger partial charge in [0.15, 0.2) is 0 Å². The van der Waals surface area contributed by atoms with E-state index in [1.54, 1.807) is 0 Å². The molecule has 98 valence electrons. The van der Waals surface area contributed by atoms with Gasteiger partial charge in [-0.2, -0.15) is 0 Å². The van der Waals surface area contributed by atoms with E-state index in [1.807, 2.05) is 30.3 Å². The van der Waals surface area contributed by atoms with E-state index in [9.17, 15) is 4.79 Å². The first-order valence-corrected chi connectivity index (χ1v) is 6.53. The third kappa shape index (κ3) is 3.82. The van der Waals surface area contributed by atoms with Crippen LogP contribution in [0.1, 0.15) is 12.0 Å². The van der Waals surface area contributed by atoms with Crippen molar-refractivity contribution >= 4 is 5.91 Å². The van der Waals surface area contributed by atoms with Gasteiger partial charge in [0.2, 0.25) is 5.91 Å². The summed E-state index contributed by atoms with van der Waals surface area (Å²) in [5.74, 6) is 0.340. The summed E-state index contributed by atoms with van der Waals surface area (Å²) in [6.45, 7) is 2.96. The number of carbonyl (C=O) groups excluding carboxylic acids is 1. The summed E-state index contributed by atoms with van der Waals surface area (Å²) < 4.78 is 0. The van der Waals surface area contributed by atoms with Crippen molar-refractivity contribution in [1.82, 2.24) is 10.6 Å². The Labute approximate surface area is 108 Å². The molecule has 0 unspecified atom stereocenters. The molecule has 4 N–H and O–H groups in total. The van der Waals surface area contributed by atoms with Crippen LogP contribution in [0.5, 0.6) is 0 Å². The SMILES string of the molecule is NC(=O)[C@H](Cc1ccccc1)NC[C@@H]1CCNC1. The zero-order valence-electron chi connectivity index (χ0n) is 10.6. The van der Waals surface area contributed by atoms with Gasteiger partial charge in [0.25, 0.3) is 0 Å². The molecule has 1 fully saturated rings. The van der Waals surface area contributed by atoms with Gasteiger partial charge in [0.1, 0.15) is 0 Å². The van der Waals surface area contributed by atoms with Crippen molar-refractivity contribution in [2.24, 2.45) is 11.7 Å². The monoisotopic (exact) mass is 247 g/mol. The fourth-order valence-corrected chi connectivity index (χ4v) is 2.32. The summed E-state index contributed by atoms with van der Waals surface area (Å²) in [6, 6.07) is 9.71. The number of primary amides is 1. The lowest BCUT2D eigenvalue weighted by molar-refractivity contribution is -0.120. The van der Waals surface area contributed by atoms with E-state index in [2.05, 4.69) is 10.6 Å². The number of nitrogens with one attached hydrogen (secondary N) is 2. The Hall–Kier alpha value is -1.39. The first-order chi connectivity index (χ1) is 8.75. The number of rotatable bonds is 6. The Morgan fingerprint density at radius 2 is 2.22 bits per heavy atom. The number of hydrogen-bond donors (Lipinski definition) is 3. The van der Waals surface area contributed by atoms with Crippen molar-refractivity contribution in [3.8, 4) is 0 Å². The van der Waals surface area contributed by atoms with E-state index in [1.165, 1.54) is 6.42 Å². The third-order valence-corrected chi connectivity index (χ3v) is 3.44. The van der Waals surface area contributed by atoms with Crippen LogP contribution in [-0.2, 0) is 11.2 Å². The molecule has 2 rings (SSSR count). The molecule has 0 bridgehead atoms. The number of carbonyl (C=O) groups is 1. The van der Waals surface area contributed by atoms with Crippen LogP contribution in [-0.4, -0.2) is 31.6 Å². The van der Waals surface area contributed by atoms with Gasteiger partial charge >= 0.3 is 0 Å². The second-order valence-electron chi connectivity index (χ2n) is 4.91. The molecule has 18 heavy (non-hydrogen) atoms. The lowest BCUT2D eigenvalue weighted by Gasteiger charge is -2.18. The maximum atomic E-state index is 11.5. The molecule has 1 amide bonds. The Balaban J connectivity index is 1.85. The van der Waals surface area contributed by atoms with Gasteiger partial charge in [-0.1, -0.05) is 30.3 Å². The number of amides is 1. The zero-order valence-corrected chi connectivity index (χ0v) is 10.6. The predicted octanol–water partition coefficient (Wildman–Crippen LogP) is 0.282. The lowest BCUT2D eigenvalue weighted by Crippen LogP contribution is -2.45. The molecule has 1 heterocycles. The fraction of sp³-hybridized carbons (Fsp3) is 0.500. The number of benzene rings is 1. The zero-order chi connectivity index (χ0) is 12.8. The molecule has 1 saturated heterocycles. The molecule has 0 saturated carbocycles. The summed E-state index contributed by atoms with van der Waals surface area (Å²) >= 11 is 0. The van der Waals surface area contributed by atoms with Crippen molar-refractivity contribution in [3.05, 3.63) is 35.9 Å². The van der Waals surface area contributed by atoms with Crippen molar-refractivity contribution in [3.63, 3.8) is 0 Å². The normalized spacial score (nSPS) is 20.8. The minimum Gasteiger partial charge on any atom is -0.368 e. The van der Waals surface area contributed by atoms with Gasteiger partial charge in [0, 0.05) is 0 Å². The molecule has 0 radical (unpaired) electrons. The molecule has 4 nitrogen and oxygen atoms in total. The highest BCUT2D eigenvalue weighted by Crippen LogP contribution is 2.07. The molecule has 1 aromatic rings. The molecule has 1 aliphatic rings. The van der Waals surface area contributed by atoms with Crippen LogP contribution in [0.2, 0.25) is 0 Å². The average molecular weight is 247 g/mol. The molecule has 4 heteroatoms. The molecule has 0 aromatic heterocycles. The highest BCUT2D eigenvalue weighted by molar-refractivity contribution is 5.80. The fourth-order valence-electron chi connectivity index (χ4n) is 2.32. The summed E-state index contributed by atoms with van der Waals surface area (Å²) in [6.07, 6.45) is 1.83. The van der Waals surface area contributed by atoms with Gasteiger partial charge < -0.3 is 16.4 Å². The van der Waals surface area contributed by atoms with Gasteiger partial charge in [-0.25, -0.2) is 0 Å². The van der Waals surface area contributed by atoms with E-state index in [4.69, 9.17) is 5.73 Å². The van der Waals surface area contributed by atoms with Gasteiger partial charge in [-0.05, 0) is 44.0 Å². The first kappa shape index (κ1) is 13.1. The number of hydrogen-bond acceptors (Lipinski definition) is 3. The minimum absolute atomic E-state index is 0.270. The summed E-state index contributed by atoms with van der Waals surface area (Å²) in [5, 5.41) is 6.61. The second-order valence-corrected chi connectivity index (χ2v) is 4.91. The number of nitrogens with two attached hydrogens (primary N) is 1. The van der Waals surface area contributed by atoms with E-state index >= 15 is 0 Å². The summed E-state index contributed by atoms with van der Waals surface area (Å²) in [7, 11) is 0. The van der Waals surface area contributed by atoms with Crippen molar-refractivity contribution < 1.29 is 4.79 Å². The molecule has 2 atom stereocenters. The topological polar surface area (TPSA) is 67.2 Å². The van der Waals surface area contributed by atoms with Crippen molar-refractivity contribution in [2.75, 3.05) is 19.6 Å². The second kappa shape index (κ2) is 6.52. The maximum absolute atomic E-state index is 11.5. The average Bonchev–Trinajstić information content (AvgIpc) is 2.88. The van der Waals surface area contributed by atoms with Gasteiger partial charge in [0.05, 0.1) is 6.04 Å². The molecule has 0 aliphatic carbocycles. The summed E-state index contributed by atoms with van der Waals surface area (Å²) in [4.78, 5) is 11.5. The largest absolute Gasteiger partial charge is 0.368 e. The van der Waals surface area contributed by atoms with Crippen LogP contribution >= 0.6 is 0 Å². The molecule has 1 aromatic carbocycles. The Bertz CT molecular complexity index is 374. The highest BCUT2D eigenvalue weighted by atomic mass is 16.1. The smallest absolute Gasteiger partial charge is 0.234 e. The molecular formula is C14H21N3O. The van der Waals surface area contributed by atoms with Gasteiger partial charge in [-0.15, -0.1) is 0 Å². The molecular weight excluding hydrogens is 226 g/mol. The molecule has 0 spiro atoms. The van der Waals surface area contributed by atoms with E-state index in [-0.39, 0.29) is 11.9 Å². The summed E-state index contributed by atoms with van der Waals surface area (Å²) in [5.41, 5.74) is 6.59. The Morgan fingerprint density at radius 3 is 2.83 bits per heavy atom. The third-order valence-electron chi connectivity index (χ3n) is 3.44. The van der Waals surface area contributed by atoms with E-state index in [0.717, 1.165) is 25.2 Å². The van der Waals surface area contributed by atoms with Crippen LogP contribution in [0.4, 0.5) is 0 Å².